The normalized spacial score (nSPS) is 10.6. The van der Waals surface area contributed by atoms with Gasteiger partial charge in [0.15, 0.2) is 5.82 Å². The van der Waals surface area contributed by atoms with Gasteiger partial charge < -0.3 is 10.1 Å². The molecule has 0 aliphatic heterocycles. The average molecular weight is 426 g/mol. The van der Waals surface area contributed by atoms with Gasteiger partial charge in [-0.2, -0.15) is 5.10 Å². The molecule has 0 aliphatic carbocycles. The van der Waals surface area contributed by atoms with Crippen molar-refractivity contribution in [3.63, 3.8) is 0 Å². The van der Waals surface area contributed by atoms with Gasteiger partial charge in [0.25, 0.3) is 5.91 Å². The van der Waals surface area contributed by atoms with Crippen LogP contribution in [0, 0.1) is 13.8 Å². The Morgan fingerprint density at radius 3 is 2.44 bits per heavy atom. The largest absolute Gasteiger partial charge is 0.457 e. The summed E-state index contributed by atoms with van der Waals surface area (Å²) in [5.41, 5.74) is 4.01. The molecule has 0 radical (unpaired) electrons. The topological polar surface area (TPSA) is 86.1 Å². The standard InChI is InChI=1S/C25H22N4O3/c1-17-13-18(2)29(28-17)23-12-11-21(15-26-23)24(30)27-22-10-6-9-20(14-22)25(31)32-16-19-7-4-3-5-8-19/h3-15H,16H2,1-2H3,(H,27,30). The van der Waals surface area contributed by atoms with Crippen molar-refractivity contribution >= 4 is 17.6 Å². The van der Waals surface area contributed by atoms with Crippen LogP contribution in [0.15, 0.2) is 79.0 Å². The lowest BCUT2D eigenvalue weighted by molar-refractivity contribution is 0.0472. The predicted octanol–water partition coefficient (Wildman–Crippen LogP) is 4.49. The molecule has 0 saturated heterocycles. The maximum absolute atomic E-state index is 12.6. The maximum Gasteiger partial charge on any atom is 0.338 e. The zero-order chi connectivity index (χ0) is 22.5. The van der Waals surface area contributed by atoms with Crippen molar-refractivity contribution < 1.29 is 14.3 Å². The molecule has 1 N–H and O–H groups in total. The third-order valence-electron chi connectivity index (χ3n) is 4.81. The Hall–Kier alpha value is -4.26. The molecule has 2 aromatic carbocycles. The quantitative estimate of drug-likeness (QED) is 0.459. The molecule has 7 heteroatoms. The Morgan fingerprint density at radius 1 is 0.938 bits per heavy atom. The zero-order valence-corrected chi connectivity index (χ0v) is 17.8. The fourth-order valence-electron chi connectivity index (χ4n) is 3.24. The molecule has 160 valence electrons. The predicted molar refractivity (Wildman–Crippen MR) is 121 cm³/mol. The first-order chi connectivity index (χ1) is 15.5. The van der Waals surface area contributed by atoms with E-state index in [1.807, 2.05) is 50.2 Å². The van der Waals surface area contributed by atoms with E-state index in [2.05, 4.69) is 15.4 Å². The average Bonchev–Trinajstić information content (AvgIpc) is 3.16. The molecule has 32 heavy (non-hydrogen) atoms. The Kier molecular flexibility index (Phi) is 6.07. The van der Waals surface area contributed by atoms with Gasteiger partial charge in [-0.05, 0) is 55.8 Å². The minimum Gasteiger partial charge on any atom is -0.457 e. The van der Waals surface area contributed by atoms with Crippen molar-refractivity contribution in [3.8, 4) is 5.82 Å². The molecule has 0 unspecified atom stereocenters. The number of anilines is 1. The van der Waals surface area contributed by atoms with E-state index in [0.717, 1.165) is 17.0 Å². The highest BCUT2D eigenvalue weighted by molar-refractivity contribution is 6.04. The van der Waals surface area contributed by atoms with Gasteiger partial charge in [-0.15, -0.1) is 0 Å². The van der Waals surface area contributed by atoms with Crippen molar-refractivity contribution in [3.05, 3.63) is 107 Å². The molecular formula is C25H22N4O3. The molecule has 1 amide bonds. The molecule has 2 heterocycles. The van der Waals surface area contributed by atoms with Crippen LogP contribution in [-0.4, -0.2) is 26.6 Å². The summed E-state index contributed by atoms with van der Waals surface area (Å²) in [6, 6.07) is 21.5. The zero-order valence-electron chi connectivity index (χ0n) is 17.8. The van der Waals surface area contributed by atoms with E-state index in [1.165, 1.54) is 6.20 Å². The highest BCUT2D eigenvalue weighted by Gasteiger charge is 2.12. The lowest BCUT2D eigenvalue weighted by Crippen LogP contribution is -2.13. The van der Waals surface area contributed by atoms with Crippen LogP contribution in [-0.2, 0) is 11.3 Å². The lowest BCUT2D eigenvalue weighted by Gasteiger charge is -2.09. The maximum atomic E-state index is 12.6. The van der Waals surface area contributed by atoms with Gasteiger partial charge in [-0.3, -0.25) is 4.79 Å². The Balaban J connectivity index is 1.41. The lowest BCUT2D eigenvalue weighted by atomic mass is 10.2. The summed E-state index contributed by atoms with van der Waals surface area (Å²) in [6.45, 7) is 4.04. The summed E-state index contributed by atoms with van der Waals surface area (Å²) >= 11 is 0. The van der Waals surface area contributed by atoms with Crippen molar-refractivity contribution in [1.82, 2.24) is 14.8 Å². The molecule has 0 aliphatic rings. The van der Waals surface area contributed by atoms with Crippen molar-refractivity contribution in [2.24, 2.45) is 0 Å². The summed E-state index contributed by atoms with van der Waals surface area (Å²) < 4.78 is 7.08. The molecular weight excluding hydrogens is 404 g/mol. The van der Waals surface area contributed by atoms with Gasteiger partial charge in [0.05, 0.1) is 16.8 Å². The van der Waals surface area contributed by atoms with Gasteiger partial charge in [-0.1, -0.05) is 36.4 Å². The molecule has 4 rings (SSSR count). The third kappa shape index (κ3) is 4.89. The van der Waals surface area contributed by atoms with Gasteiger partial charge in [0.1, 0.15) is 6.61 Å². The molecule has 0 saturated carbocycles. The Bertz CT molecular complexity index is 1250. The van der Waals surface area contributed by atoms with Crippen LogP contribution in [0.5, 0.6) is 0 Å². The number of hydrogen-bond acceptors (Lipinski definition) is 5. The highest BCUT2D eigenvalue weighted by Crippen LogP contribution is 2.15. The Morgan fingerprint density at radius 2 is 1.75 bits per heavy atom. The first-order valence-corrected chi connectivity index (χ1v) is 10.1. The van der Waals surface area contributed by atoms with Gasteiger partial charge in [-0.25, -0.2) is 14.5 Å². The summed E-state index contributed by atoms with van der Waals surface area (Å²) in [5.74, 6) is -0.150. The van der Waals surface area contributed by atoms with Crippen molar-refractivity contribution in [2.45, 2.75) is 20.5 Å². The number of rotatable bonds is 6. The number of ether oxygens (including phenoxy) is 1. The monoisotopic (exact) mass is 426 g/mol. The number of aryl methyl sites for hydroxylation is 2. The molecule has 4 aromatic rings. The molecule has 0 bridgehead atoms. The summed E-state index contributed by atoms with van der Waals surface area (Å²) in [6.07, 6.45) is 1.50. The van der Waals surface area contributed by atoms with Gasteiger partial charge in [0.2, 0.25) is 0 Å². The number of esters is 1. The van der Waals surface area contributed by atoms with Gasteiger partial charge >= 0.3 is 5.97 Å². The summed E-state index contributed by atoms with van der Waals surface area (Å²) in [7, 11) is 0. The fraction of sp³-hybridized carbons (Fsp3) is 0.120. The highest BCUT2D eigenvalue weighted by atomic mass is 16.5. The van der Waals surface area contributed by atoms with Crippen molar-refractivity contribution in [1.29, 1.82) is 0 Å². The number of amides is 1. The van der Waals surface area contributed by atoms with E-state index < -0.39 is 5.97 Å². The van der Waals surface area contributed by atoms with E-state index in [1.54, 1.807) is 41.1 Å². The second-order valence-electron chi connectivity index (χ2n) is 7.34. The van der Waals surface area contributed by atoms with E-state index in [-0.39, 0.29) is 12.5 Å². The number of carbonyl (C=O) groups excluding carboxylic acids is 2. The molecule has 0 atom stereocenters. The second-order valence-corrected chi connectivity index (χ2v) is 7.34. The van der Waals surface area contributed by atoms with Crippen LogP contribution in [0.2, 0.25) is 0 Å². The van der Waals surface area contributed by atoms with Crippen LogP contribution >= 0.6 is 0 Å². The number of carbonyl (C=O) groups is 2. The third-order valence-corrected chi connectivity index (χ3v) is 4.81. The van der Waals surface area contributed by atoms with Gasteiger partial charge in [0, 0.05) is 17.6 Å². The number of pyridine rings is 1. The van der Waals surface area contributed by atoms with E-state index in [4.69, 9.17) is 4.74 Å². The minimum absolute atomic E-state index is 0.184. The smallest absolute Gasteiger partial charge is 0.338 e. The number of hydrogen-bond donors (Lipinski definition) is 1. The van der Waals surface area contributed by atoms with Crippen LogP contribution in [0.4, 0.5) is 5.69 Å². The molecule has 7 nitrogen and oxygen atoms in total. The van der Waals surface area contributed by atoms with Crippen molar-refractivity contribution in [2.75, 3.05) is 5.32 Å². The number of benzene rings is 2. The Labute approximate surface area is 185 Å². The number of aromatic nitrogens is 3. The first-order valence-electron chi connectivity index (χ1n) is 10.1. The summed E-state index contributed by atoms with van der Waals surface area (Å²) in [5, 5.41) is 7.19. The molecule has 0 spiro atoms. The van der Waals surface area contributed by atoms with Crippen LogP contribution in [0.3, 0.4) is 0 Å². The second kappa shape index (κ2) is 9.26. The first kappa shape index (κ1) is 21.0. The van der Waals surface area contributed by atoms with E-state index in [9.17, 15) is 9.59 Å². The SMILES string of the molecule is Cc1cc(C)n(-c2ccc(C(=O)Nc3cccc(C(=O)OCc4ccccc4)c3)cn2)n1. The number of nitrogens with zero attached hydrogens (tertiary/aromatic N) is 3. The molecule has 0 fully saturated rings. The summed E-state index contributed by atoms with van der Waals surface area (Å²) in [4.78, 5) is 29.4. The molecule has 2 aromatic heterocycles. The van der Waals surface area contributed by atoms with E-state index in [0.29, 0.717) is 22.6 Å². The number of nitrogens with one attached hydrogen (secondary N) is 1. The van der Waals surface area contributed by atoms with Crippen LogP contribution in [0.25, 0.3) is 5.82 Å². The van der Waals surface area contributed by atoms with E-state index >= 15 is 0 Å². The van der Waals surface area contributed by atoms with Crippen LogP contribution < -0.4 is 5.32 Å². The van der Waals surface area contributed by atoms with Crippen LogP contribution in [0.1, 0.15) is 37.7 Å². The minimum atomic E-state index is -0.458. The fourth-order valence-corrected chi connectivity index (χ4v) is 3.24.